The fraction of sp³-hybridized carbons (Fsp3) is 0.538. The molecule has 1 saturated carbocycles. The van der Waals surface area contributed by atoms with Crippen LogP contribution in [0.2, 0.25) is 0 Å². The SMILES string of the molecule is CC(NC(=O)C(C)n1nc(C2CC2)ccc1=O)C(N)=O. The largest absolute Gasteiger partial charge is 0.368 e. The number of carbonyl (C=O) groups is 2. The standard InChI is InChI=1S/C13H18N4O3/c1-7(12(14)19)15-13(20)8(2)17-11(18)6-5-10(16-17)9-3-4-9/h5-9H,3-4H2,1-2H3,(H2,14,19)(H,15,20). The zero-order valence-electron chi connectivity index (χ0n) is 11.5. The summed E-state index contributed by atoms with van der Waals surface area (Å²) in [5, 5.41) is 6.69. The summed E-state index contributed by atoms with van der Waals surface area (Å²) in [5.41, 5.74) is 5.57. The van der Waals surface area contributed by atoms with Gasteiger partial charge in [-0.15, -0.1) is 0 Å². The van der Waals surface area contributed by atoms with Crippen LogP contribution in [0.4, 0.5) is 0 Å². The number of nitrogens with two attached hydrogens (primary N) is 1. The van der Waals surface area contributed by atoms with Crippen molar-refractivity contribution in [2.45, 2.75) is 44.7 Å². The van der Waals surface area contributed by atoms with Crippen molar-refractivity contribution in [1.82, 2.24) is 15.1 Å². The predicted molar refractivity (Wildman–Crippen MR) is 72.0 cm³/mol. The highest BCUT2D eigenvalue weighted by Gasteiger charge is 2.27. The van der Waals surface area contributed by atoms with Crippen LogP contribution in [0.1, 0.15) is 44.3 Å². The third-order valence-corrected chi connectivity index (χ3v) is 3.37. The van der Waals surface area contributed by atoms with Crippen LogP contribution in [0.15, 0.2) is 16.9 Å². The summed E-state index contributed by atoms with van der Waals surface area (Å²) in [6.07, 6.45) is 2.12. The number of rotatable bonds is 5. The molecule has 0 aromatic carbocycles. The topological polar surface area (TPSA) is 107 Å². The van der Waals surface area contributed by atoms with Crippen LogP contribution < -0.4 is 16.6 Å². The molecule has 0 aliphatic heterocycles. The van der Waals surface area contributed by atoms with Gasteiger partial charge in [0.25, 0.3) is 5.56 Å². The highest BCUT2D eigenvalue weighted by molar-refractivity contribution is 5.87. The van der Waals surface area contributed by atoms with Gasteiger partial charge in [-0.2, -0.15) is 5.10 Å². The smallest absolute Gasteiger partial charge is 0.267 e. The van der Waals surface area contributed by atoms with E-state index in [1.807, 2.05) is 0 Å². The predicted octanol–water partition coefficient (Wildman–Crippen LogP) is -0.328. The number of primary amides is 1. The maximum Gasteiger partial charge on any atom is 0.267 e. The summed E-state index contributed by atoms with van der Waals surface area (Å²) in [5.74, 6) is -0.696. The van der Waals surface area contributed by atoms with Crippen molar-refractivity contribution in [2.75, 3.05) is 0 Å². The quantitative estimate of drug-likeness (QED) is 0.769. The average molecular weight is 278 g/mol. The van der Waals surface area contributed by atoms with Gasteiger partial charge in [-0.3, -0.25) is 14.4 Å². The molecule has 1 aliphatic rings. The van der Waals surface area contributed by atoms with E-state index in [0.717, 1.165) is 23.2 Å². The molecule has 1 heterocycles. The Kier molecular flexibility index (Phi) is 3.87. The van der Waals surface area contributed by atoms with E-state index in [2.05, 4.69) is 10.4 Å². The number of nitrogens with one attached hydrogen (secondary N) is 1. The maximum absolute atomic E-state index is 12.0. The number of hydrogen-bond acceptors (Lipinski definition) is 4. The van der Waals surface area contributed by atoms with Crippen LogP contribution in [0.3, 0.4) is 0 Å². The molecule has 0 bridgehead atoms. The lowest BCUT2D eigenvalue weighted by Crippen LogP contribution is -2.46. The Balaban J connectivity index is 2.17. The second-order valence-corrected chi connectivity index (χ2v) is 5.12. The molecule has 1 aromatic heterocycles. The van der Waals surface area contributed by atoms with Gasteiger partial charge in [-0.1, -0.05) is 0 Å². The first-order chi connectivity index (χ1) is 9.40. The van der Waals surface area contributed by atoms with Gasteiger partial charge in [-0.25, -0.2) is 4.68 Å². The van der Waals surface area contributed by atoms with Crippen molar-refractivity contribution < 1.29 is 9.59 Å². The molecular formula is C13H18N4O3. The van der Waals surface area contributed by atoms with Crippen molar-refractivity contribution in [3.63, 3.8) is 0 Å². The highest BCUT2D eigenvalue weighted by Crippen LogP contribution is 2.38. The first-order valence-electron chi connectivity index (χ1n) is 6.59. The summed E-state index contributed by atoms with van der Waals surface area (Å²) in [7, 11) is 0. The first kappa shape index (κ1) is 14.2. The molecule has 3 N–H and O–H groups in total. The van der Waals surface area contributed by atoms with E-state index in [-0.39, 0.29) is 5.56 Å². The molecule has 1 fully saturated rings. The van der Waals surface area contributed by atoms with Crippen LogP contribution in [0.5, 0.6) is 0 Å². The van der Waals surface area contributed by atoms with E-state index in [1.54, 1.807) is 13.0 Å². The summed E-state index contributed by atoms with van der Waals surface area (Å²) in [6.45, 7) is 3.05. The summed E-state index contributed by atoms with van der Waals surface area (Å²) in [6, 6.07) is 1.55. The minimum absolute atomic E-state index is 0.344. The second-order valence-electron chi connectivity index (χ2n) is 5.12. The molecule has 2 amide bonds. The minimum Gasteiger partial charge on any atom is -0.368 e. The molecule has 0 spiro atoms. The molecule has 0 radical (unpaired) electrons. The molecular weight excluding hydrogens is 260 g/mol. The van der Waals surface area contributed by atoms with Crippen molar-refractivity contribution in [2.24, 2.45) is 5.73 Å². The van der Waals surface area contributed by atoms with E-state index < -0.39 is 23.9 Å². The Morgan fingerprint density at radius 2 is 2.05 bits per heavy atom. The van der Waals surface area contributed by atoms with E-state index in [1.165, 1.54) is 13.0 Å². The molecule has 108 valence electrons. The fourth-order valence-corrected chi connectivity index (χ4v) is 1.83. The zero-order chi connectivity index (χ0) is 14.9. The first-order valence-corrected chi connectivity index (χ1v) is 6.59. The van der Waals surface area contributed by atoms with Gasteiger partial charge in [0.05, 0.1) is 5.69 Å². The van der Waals surface area contributed by atoms with E-state index >= 15 is 0 Å². The maximum atomic E-state index is 12.0. The number of hydrogen-bond donors (Lipinski definition) is 2. The Hall–Kier alpha value is -2.18. The number of aromatic nitrogens is 2. The van der Waals surface area contributed by atoms with Crippen molar-refractivity contribution >= 4 is 11.8 Å². The number of amides is 2. The normalized spacial score (nSPS) is 17.3. The van der Waals surface area contributed by atoms with Gasteiger partial charge in [0.2, 0.25) is 11.8 Å². The second kappa shape index (κ2) is 5.44. The zero-order valence-corrected chi connectivity index (χ0v) is 11.5. The molecule has 0 saturated heterocycles. The molecule has 7 nitrogen and oxygen atoms in total. The molecule has 20 heavy (non-hydrogen) atoms. The fourth-order valence-electron chi connectivity index (χ4n) is 1.83. The van der Waals surface area contributed by atoms with E-state index in [4.69, 9.17) is 5.73 Å². The van der Waals surface area contributed by atoms with Crippen LogP contribution in [-0.2, 0) is 9.59 Å². The third-order valence-electron chi connectivity index (χ3n) is 3.37. The van der Waals surface area contributed by atoms with Crippen molar-refractivity contribution in [3.8, 4) is 0 Å². The number of nitrogens with zero attached hydrogens (tertiary/aromatic N) is 2. The summed E-state index contributed by atoms with van der Waals surface area (Å²) < 4.78 is 1.15. The molecule has 2 unspecified atom stereocenters. The lowest BCUT2D eigenvalue weighted by atomic mass is 10.2. The van der Waals surface area contributed by atoms with Gasteiger partial charge in [0.1, 0.15) is 12.1 Å². The third kappa shape index (κ3) is 3.04. The van der Waals surface area contributed by atoms with Crippen molar-refractivity contribution in [3.05, 3.63) is 28.2 Å². The lowest BCUT2D eigenvalue weighted by molar-refractivity contribution is -0.129. The molecule has 1 aliphatic carbocycles. The lowest BCUT2D eigenvalue weighted by Gasteiger charge is -2.17. The molecule has 2 atom stereocenters. The van der Waals surface area contributed by atoms with Gasteiger partial charge >= 0.3 is 0 Å². The van der Waals surface area contributed by atoms with Gasteiger partial charge in [0.15, 0.2) is 0 Å². The van der Waals surface area contributed by atoms with Crippen LogP contribution in [-0.4, -0.2) is 27.6 Å². The molecule has 7 heteroatoms. The Labute approximate surface area is 116 Å². The van der Waals surface area contributed by atoms with E-state index in [0.29, 0.717) is 5.92 Å². The Bertz CT molecular complexity index is 592. The van der Waals surface area contributed by atoms with Gasteiger partial charge < -0.3 is 11.1 Å². The van der Waals surface area contributed by atoms with Gasteiger partial charge in [-0.05, 0) is 32.8 Å². The molecule has 1 aromatic rings. The van der Waals surface area contributed by atoms with Gasteiger partial charge in [0, 0.05) is 12.0 Å². The Morgan fingerprint density at radius 1 is 1.40 bits per heavy atom. The van der Waals surface area contributed by atoms with Crippen LogP contribution in [0, 0.1) is 0 Å². The minimum atomic E-state index is -0.789. The highest BCUT2D eigenvalue weighted by atomic mass is 16.2. The van der Waals surface area contributed by atoms with Crippen molar-refractivity contribution in [1.29, 1.82) is 0 Å². The monoisotopic (exact) mass is 278 g/mol. The Morgan fingerprint density at radius 3 is 2.60 bits per heavy atom. The van der Waals surface area contributed by atoms with E-state index in [9.17, 15) is 14.4 Å². The van der Waals surface area contributed by atoms with Crippen LogP contribution >= 0.6 is 0 Å². The average Bonchev–Trinajstić information content (AvgIpc) is 3.22. The van der Waals surface area contributed by atoms with Crippen LogP contribution in [0.25, 0.3) is 0 Å². The molecule has 2 rings (SSSR count). The number of carbonyl (C=O) groups excluding carboxylic acids is 2. The summed E-state index contributed by atoms with van der Waals surface area (Å²) >= 11 is 0. The summed E-state index contributed by atoms with van der Waals surface area (Å²) in [4.78, 5) is 34.7.